The van der Waals surface area contributed by atoms with Crippen LogP contribution in [0.3, 0.4) is 0 Å². The van der Waals surface area contributed by atoms with Crippen LogP contribution in [0.5, 0.6) is 0 Å². The van der Waals surface area contributed by atoms with Crippen LogP contribution in [0.15, 0.2) is 28.7 Å². The largest absolute Gasteiger partial charge is 0.441 e. The summed E-state index contributed by atoms with van der Waals surface area (Å²) in [5.41, 5.74) is 1.82. The second-order valence-corrected chi connectivity index (χ2v) is 5.98. The van der Waals surface area contributed by atoms with Gasteiger partial charge in [0.25, 0.3) is 0 Å². The van der Waals surface area contributed by atoms with Crippen molar-refractivity contribution < 1.29 is 9.15 Å². The first-order chi connectivity index (χ1) is 10.3. The van der Waals surface area contributed by atoms with Crippen molar-refractivity contribution >= 4 is 11.1 Å². The first-order valence-corrected chi connectivity index (χ1v) is 7.95. The number of benzene rings is 1. The Balaban J connectivity index is 1.73. The van der Waals surface area contributed by atoms with Gasteiger partial charge in [0.2, 0.25) is 0 Å². The van der Waals surface area contributed by atoms with Crippen molar-refractivity contribution in [3.8, 4) is 0 Å². The lowest BCUT2D eigenvalue weighted by atomic mass is 9.94. The smallest absolute Gasteiger partial charge is 0.197 e. The molecule has 1 aliphatic heterocycles. The fraction of sp³-hybridized carbons (Fsp3) is 0.588. The molecule has 0 bridgehead atoms. The van der Waals surface area contributed by atoms with E-state index in [0.29, 0.717) is 18.1 Å². The van der Waals surface area contributed by atoms with E-state index in [1.807, 2.05) is 24.3 Å². The lowest BCUT2D eigenvalue weighted by Crippen LogP contribution is -2.39. The molecule has 4 heteroatoms. The molecule has 1 N–H and O–H groups in total. The third kappa shape index (κ3) is 3.44. The maximum Gasteiger partial charge on any atom is 0.197 e. The number of para-hydroxylation sites is 2. The van der Waals surface area contributed by atoms with Gasteiger partial charge < -0.3 is 14.5 Å². The highest BCUT2D eigenvalue weighted by Gasteiger charge is 2.30. The number of ether oxygens (including phenoxy) is 1. The molecule has 3 rings (SSSR count). The number of nitrogens with zero attached hydrogens (tertiary/aromatic N) is 1. The number of rotatable bonds is 6. The maximum atomic E-state index is 5.87. The molecular weight excluding hydrogens is 264 g/mol. The minimum Gasteiger partial charge on any atom is -0.441 e. The van der Waals surface area contributed by atoms with Gasteiger partial charge in [0, 0.05) is 18.4 Å². The fourth-order valence-electron chi connectivity index (χ4n) is 3.06. The first kappa shape index (κ1) is 14.5. The Morgan fingerprint density at radius 2 is 2.24 bits per heavy atom. The lowest BCUT2D eigenvalue weighted by molar-refractivity contribution is 0.116. The molecule has 0 aliphatic carbocycles. The predicted molar refractivity (Wildman–Crippen MR) is 83.3 cm³/mol. The standard InChI is InChI=1S/C17H24N2O2/c1-3-8-18-15(13-9-12(2)20-11-13)10-17-19-14-6-4-5-7-16(14)21-17/h4-7,12-13,15,18H,3,8-11H2,1-2H3. The van der Waals surface area contributed by atoms with Crippen LogP contribution in [-0.2, 0) is 11.2 Å². The second kappa shape index (κ2) is 6.58. The molecule has 1 aromatic heterocycles. The molecule has 0 radical (unpaired) electrons. The van der Waals surface area contributed by atoms with Gasteiger partial charge in [-0.3, -0.25) is 0 Å². The third-order valence-electron chi connectivity index (χ3n) is 4.19. The number of nitrogens with one attached hydrogen (secondary N) is 1. The first-order valence-electron chi connectivity index (χ1n) is 7.95. The third-order valence-corrected chi connectivity index (χ3v) is 4.19. The Hall–Kier alpha value is -1.39. The number of fused-ring (bicyclic) bond motifs is 1. The van der Waals surface area contributed by atoms with Crippen molar-refractivity contribution in [2.24, 2.45) is 5.92 Å². The van der Waals surface area contributed by atoms with E-state index in [1.54, 1.807) is 0 Å². The number of hydrogen-bond donors (Lipinski definition) is 1. The van der Waals surface area contributed by atoms with Crippen LogP contribution < -0.4 is 5.32 Å². The van der Waals surface area contributed by atoms with Crippen molar-refractivity contribution in [1.29, 1.82) is 0 Å². The minimum absolute atomic E-state index is 0.365. The monoisotopic (exact) mass is 288 g/mol. The average Bonchev–Trinajstić information content (AvgIpc) is 3.08. The van der Waals surface area contributed by atoms with Crippen LogP contribution in [0.2, 0.25) is 0 Å². The van der Waals surface area contributed by atoms with Crippen molar-refractivity contribution in [1.82, 2.24) is 10.3 Å². The van der Waals surface area contributed by atoms with Crippen LogP contribution in [0.4, 0.5) is 0 Å². The molecule has 0 spiro atoms. The van der Waals surface area contributed by atoms with E-state index in [-0.39, 0.29) is 0 Å². The summed E-state index contributed by atoms with van der Waals surface area (Å²) in [7, 11) is 0. The Bertz CT molecular complexity index is 548. The van der Waals surface area contributed by atoms with Gasteiger partial charge >= 0.3 is 0 Å². The van der Waals surface area contributed by atoms with Crippen molar-refractivity contribution in [2.45, 2.75) is 45.3 Å². The van der Waals surface area contributed by atoms with Gasteiger partial charge in [-0.05, 0) is 38.4 Å². The molecule has 2 aromatic rings. The van der Waals surface area contributed by atoms with E-state index in [1.165, 1.54) is 0 Å². The van der Waals surface area contributed by atoms with Crippen LogP contribution in [-0.4, -0.2) is 30.3 Å². The Morgan fingerprint density at radius 1 is 1.38 bits per heavy atom. The summed E-state index contributed by atoms with van der Waals surface area (Å²) < 4.78 is 11.6. The van der Waals surface area contributed by atoms with Crippen LogP contribution in [0, 0.1) is 5.92 Å². The molecule has 1 aromatic carbocycles. The highest BCUT2D eigenvalue weighted by atomic mass is 16.5. The van der Waals surface area contributed by atoms with Gasteiger partial charge in [-0.2, -0.15) is 0 Å². The van der Waals surface area contributed by atoms with Gasteiger partial charge in [-0.25, -0.2) is 4.98 Å². The zero-order chi connectivity index (χ0) is 14.7. The summed E-state index contributed by atoms with van der Waals surface area (Å²) in [4.78, 5) is 4.60. The molecule has 0 saturated carbocycles. The predicted octanol–water partition coefficient (Wildman–Crippen LogP) is 3.16. The van der Waals surface area contributed by atoms with E-state index in [9.17, 15) is 0 Å². The minimum atomic E-state index is 0.365. The number of oxazole rings is 1. The molecule has 4 nitrogen and oxygen atoms in total. The SMILES string of the molecule is CCCNC(Cc1nc2ccccc2o1)C1COC(C)C1. The van der Waals surface area contributed by atoms with Crippen LogP contribution >= 0.6 is 0 Å². The number of aromatic nitrogens is 1. The van der Waals surface area contributed by atoms with Crippen molar-refractivity contribution in [2.75, 3.05) is 13.2 Å². The van der Waals surface area contributed by atoms with Gasteiger partial charge in [0.15, 0.2) is 11.5 Å². The molecule has 114 valence electrons. The average molecular weight is 288 g/mol. The summed E-state index contributed by atoms with van der Waals surface area (Å²) in [6, 6.07) is 8.33. The Morgan fingerprint density at radius 3 is 2.95 bits per heavy atom. The van der Waals surface area contributed by atoms with E-state index in [0.717, 1.165) is 49.4 Å². The second-order valence-electron chi connectivity index (χ2n) is 5.98. The fourth-order valence-corrected chi connectivity index (χ4v) is 3.06. The van der Waals surface area contributed by atoms with E-state index < -0.39 is 0 Å². The molecular formula is C17H24N2O2. The van der Waals surface area contributed by atoms with Gasteiger partial charge in [0.1, 0.15) is 5.52 Å². The van der Waals surface area contributed by atoms with Gasteiger partial charge in [-0.1, -0.05) is 19.1 Å². The Kier molecular flexibility index (Phi) is 4.56. The molecule has 3 unspecified atom stereocenters. The molecule has 0 amide bonds. The van der Waals surface area contributed by atoms with E-state index in [2.05, 4.69) is 24.1 Å². The lowest BCUT2D eigenvalue weighted by Gasteiger charge is -2.22. The molecule has 2 heterocycles. The summed E-state index contributed by atoms with van der Waals surface area (Å²) in [5, 5.41) is 3.64. The van der Waals surface area contributed by atoms with E-state index in [4.69, 9.17) is 9.15 Å². The quantitative estimate of drug-likeness (QED) is 0.887. The maximum absolute atomic E-state index is 5.87. The van der Waals surface area contributed by atoms with E-state index >= 15 is 0 Å². The summed E-state index contributed by atoms with van der Waals surface area (Å²) in [5.74, 6) is 1.37. The summed E-state index contributed by atoms with van der Waals surface area (Å²) in [6.07, 6.45) is 3.44. The highest BCUT2D eigenvalue weighted by Crippen LogP contribution is 2.25. The van der Waals surface area contributed by atoms with Crippen molar-refractivity contribution in [3.63, 3.8) is 0 Å². The molecule has 21 heavy (non-hydrogen) atoms. The van der Waals surface area contributed by atoms with Crippen LogP contribution in [0.1, 0.15) is 32.6 Å². The summed E-state index contributed by atoms with van der Waals surface area (Å²) in [6.45, 7) is 6.20. The van der Waals surface area contributed by atoms with Crippen molar-refractivity contribution in [3.05, 3.63) is 30.2 Å². The molecule has 1 saturated heterocycles. The summed E-state index contributed by atoms with van der Waals surface area (Å²) >= 11 is 0. The molecule has 1 aliphatic rings. The van der Waals surface area contributed by atoms with Gasteiger partial charge in [-0.15, -0.1) is 0 Å². The Labute approximate surface area is 125 Å². The molecule has 1 fully saturated rings. The molecule has 3 atom stereocenters. The van der Waals surface area contributed by atoms with Crippen LogP contribution in [0.25, 0.3) is 11.1 Å². The normalized spacial score (nSPS) is 23.7. The highest BCUT2D eigenvalue weighted by molar-refractivity contribution is 5.72. The zero-order valence-corrected chi connectivity index (χ0v) is 12.8. The topological polar surface area (TPSA) is 47.3 Å². The zero-order valence-electron chi connectivity index (χ0n) is 12.8. The van der Waals surface area contributed by atoms with Gasteiger partial charge in [0.05, 0.1) is 12.7 Å². The number of hydrogen-bond acceptors (Lipinski definition) is 4.